The van der Waals surface area contributed by atoms with Gasteiger partial charge in [0, 0.05) is 10.9 Å². The Labute approximate surface area is 129 Å². The van der Waals surface area contributed by atoms with E-state index >= 15 is 0 Å². The second-order valence-electron chi connectivity index (χ2n) is 5.16. The lowest BCUT2D eigenvalue weighted by Gasteiger charge is -2.18. The van der Waals surface area contributed by atoms with Gasteiger partial charge in [0.2, 0.25) is 0 Å². The number of benzene rings is 1. The lowest BCUT2D eigenvalue weighted by atomic mass is 9.93. The fourth-order valence-corrected chi connectivity index (χ4v) is 3.20. The van der Waals surface area contributed by atoms with Crippen molar-refractivity contribution in [2.45, 2.75) is 39.2 Å². The summed E-state index contributed by atoms with van der Waals surface area (Å²) in [5.41, 5.74) is 1.94. The molecule has 1 N–H and O–H groups in total. The average Bonchev–Trinajstić information content (AvgIpc) is 2.97. The highest BCUT2D eigenvalue weighted by atomic mass is 32.1. The van der Waals surface area contributed by atoms with Crippen molar-refractivity contribution in [2.24, 2.45) is 5.92 Å². The van der Waals surface area contributed by atoms with E-state index in [0.717, 1.165) is 29.1 Å². The fraction of sp³-hybridized carbons (Fsp3) is 0.412. The highest BCUT2D eigenvalue weighted by molar-refractivity contribution is 7.10. The second kappa shape index (κ2) is 7.48. The maximum Gasteiger partial charge on any atom is 0.168 e. The summed E-state index contributed by atoms with van der Waals surface area (Å²) >= 11 is 1.47. The third kappa shape index (κ3) is 3.99. The number of ketones is 1. The molecule has 2 rings (SSSR count). The van der Waals surface area contributed by atoms with Gasteiger partial charge in [0.05, 0.1) is 12.1 Å². The summed E-state index contributed by atoms with van der Waals surface area (Å²) in [6, 6.07) is 9.90. The molecule has 1 aromatic carbocycles. The first-order valence-corrected chi connectivity index (χ1v) is 8.24. The van der Waals surface area contributed by atoms with Crippen molar-refractivity contribution in [1.29, 1.82) is 0 Å². The summed E-state index contributed by atoms with van der Waals surface area (Å²) in [6.45, 7) is 4.00. The molecular formula is C17H21NO2S. The molecule has 0 aliphatic rings. The van der Waals surface area contributed by atoms with E-state index in [1.165, 1.54) is 11.3 Å². The molecule has 0 bridgehead atoms. The van der Waals surface area contributed by atoms with Gasteiger partial charge in [-0.25, -0.2) is 4.98 Å². The van der Waals surface area contributed by atoms with Crippen LogP contribution in [0.1, 0.15) is 31.7 Å². The summed E-state index contributed by atoms with van der Waals surface area (Å²) in [4.78, 5) is 16.6. The van der Waals surface area contributed by atoms with Crippen molar-refractivity contribution in [2.75, 3.05) is 0 Å². The standard InChI is InChI=1S/C17H21NO2S/c1-3-12(4-2)17(20)15(19)10-16-18-14(11-21-16)13-8-6-5-7-9-13/h5-9,11-12,17,20H,3-4,10H2,1-2H3. The van der Waals surface area contributed by atoms with E-state index in [4.69, 9.17) is 0 Å². The van der Waals surface area contributed by atoms with Crippen LogP contribution in [0.3, 0.4) is 0 Å². The molecule has 0 saturated heterocycles. The minimum Gasteiger partial charge on any atom is -0.385 e. The van der Waals surface area contributed by atoms with E-state index in [0.29, 0.717) is 0 Å². The third-order valence-electron chi connectivity index (χ3n) is 3.77. The topological polar surface area (TPSA) is 50.2 Å². The molecule has 0 spiro atoms. The Kier molecular flexibility index (Phi) is 5.65. The van der Waals surface area contributed by atoms with Gasteiger partial charge in [-0.2, -0.15) is 0 Å². The molecule has 1 aromatic heterocycles. The molecule has 1 heterocycles. The van der Waals surface area contributed by atoms with Gasteiger partial charge in [0.25, 0.3) is 0 Å². The number of nitrogens with zero attached hydrogens (tertiary/aromatic N) is 1. The number of carbonyl (C=O) groups excluding carboxylic acids is 1. The maximum absolute atomic E-state index is 12.1. The van der Waals surface area contributed by atoms with E-state index in [-0.39, 0.29) is 18.1 Å². The van der Waals surface area contributed by atoms with Gasteiger partial charge < -0.3 is 5.11 Å². The van der Waals surface area contributed by atoms with E-state index in [9.17, 15) is 9.90 Å². The van der Waals surface area contributed by atoms with Gasteiger partial charge in [0.1, 0.15) is 11.1 Å². The van der Waals surface area contributed by atoms with Crippen molar-refractivity contribution in [3.8, 4) is 11.3 Å². The van der Waals surface area contributed by atoms with Crippen LogP contribution in [0.4, 0.5) is 0 Å². The second-order valence-corrected chi connectivity index (χ2v) is 6.10. The number of aliphatic hydroxyl groups is 1. The zero-order valence-electron chi connectivity index (χ0n) is 12.5. The number of aromatic nitrogens is 1. The molecule has 1 atom stereocenters. The van der Waals surface area contributed by atoms with Crippen molar-refractivity contribution in [3.63, 3.8) is 0 Å². The van der Waals surface area contributed by atoms with Crippen LogP contribution in [0, 0.1) is 5.92 Å². The number of aliphatic hydroxyl groups excluding tert-OH is 1. The Morgan fingerprint density at radius 1 is 1.24 bits per heavy atom. The molecule has 0 radical (unpaired) electrons. The van der Waals surface area contributed by atoms with Gasteiger partial charge in [-0.05, 0) is 5.92 Å². The number of carbonyl (C=O) groups is 1. The largest absolute Gasteiger partial charge is 0.385 e. The fourth-order valence-electron chi connectivity index (χ4n) is 2.39. The molecule has 21 heavy (non-hydrogen) atoms. The SMILES string of the molecule is CCC(CC)C(O)C(=O)Cc1nc(-c2ccccc2)cs1. The predicted octanol–water partition coefficient (Wildman–Crippen LogP) is 3.72. The summed E-state index contributed by atoms with van der Waals surface area (Å²) in [7, 11) is 0. The van der Waals surface area contributed by atoms with Crippen LogP contribution >= 0.6 is 11.3 Å². The molecule has 3 nitrogen and oxygen atoms in total. The normalized spacial score (nSPS) is 12.6. The number of hydrogen-bond acceptors (Lipinski definition) is 4. The van der Waals surface area contributed by atoms with Crippen LogP contribution in [0.5, 0.6) is 0 Å². The summed E-state index contributed by atoms with van der Waals surface area (Å²) in [5, 5.41) is 12.8. The Morgan fingerprint density at radius 2 is 1.90 bits per heavy atom. The Balaban J connectivity index is 2.04. The quantitative estimate of drug-likeness (QED) is 0.848. The van der Waals surface area contributed by atoms with Crippen LogP contribution in [0.25, 0.3) is 11.3 Å². The zero-order valence-corrected chi connectivity index (χ0v) is 13.3. The molecule has 1 unspecified atom stereocenters. The molecule has 2 aromatic rings. The monoisotopic (exact) mass is 303 g/mol. The number of thiazole rings is 1. The molecule has 0 fully saturated rings. The predicted molar refractivity (Wildman–Crippen MR) is 86.3 cm³/mol. The van der Waals surface area contributed by atoms with Crippen molar-refractivity contribution in [3.05, 3.63) is 40.7 Å². The van der Waals surface area contributed by atoms with E-state index in [1.807, 2.05) is 49.6 Å². The zero-order chi connectivity index (χ0) is 15.2. The Morgan fingerprint density at radius 3 is 2.52 bits per heavy atom. The minimum absolute atomic E-state index is 0.0473. The van der Waals surface area contributed by atoms with Crippen LogP contribution < -0.4 is 0 Å². The highest BCUT2D eigenvalue weighted by Gasteiger charge is 2.24. The maximum atomic E-state index is 12.1. The van der Waals surface area contributed by atoms with Gasteiger partial charge in [-0.1, -0.05) is 57.0 Å². The Hall–Kier alpha value is -1.52. The lowest BCUT2D eigenvalue weighted by molar-refractivity contribution is -0.129. The van der Waals surface area contributed by atoms with Gasteiger partial charge in [0.15, 0.2) is 5.78 Å². The van der Waals surface area contributed by atoms with E-state index in [1.54, 1.807) is 0 Å². The van der Waals surface area contributed by atoms with E-state index in [2.05, 4.69) is 4.98 Å². The first-order chi connectivity index (χ1) is 10.2. The smallest absolute Gasteiger partial charge is 0.168 e. The Bertz CT molecular complexity index is 575. The molecule has 0 amide bonds. The number of hydrogen-bond donors (Lipinski definition) is 1. The van der Waals surface area contributed by atoms with Gasteiger partial charge >= 0.3 is 0 Å². The van der Waals surface area contributed by atoms with Gasteiger partial charge in [-0.3, -0.25) is 4.79 Å². The minimum atomic E-state index is -0.871. The van der Waals surface area contributed by atoms with E-state index < -0.39 is 6.10 Å². The van der Waals surface area contributed by atoms with Crippen LogP contribution in [-0.2, 0) is 11.2 Å². The van der Waals surface area contributed by atoms with Crippen LogP contribution in [0.2, 0.25) is 0 Å². The average molecular weight is 303 g/mol. The highest BCUT2D eigenvalue weighted by Crippen LogP contribution is 2.23. The van der Waals surface area contributed by atoms with Gasteiger partial charge in [-0.15, -0.1) is 11.3 Å². The van der Waals surface area contributed by atoms with Crippen molar-refractivity contribution in [1.82, 2.24) is 4.98 Å². The lowest BCUT2D eigenvalue weighted by Crippen LogP contribution is -2.30. The molecular weight excluding hydrogens is 282 g/mol. The molecule has 0 aliphatic heterocycles. The van der Waals surface area contributed by atoms with Crippen LogP contribution in [-0.4, -0.2) is 22.0 Å². The molecule has 4 heteroatoms. The molecule has 112 valence electrons. The number of Topliss-reactive ketones (excluding diaryl/α,β-unsaturated/α-hetero) is 1. The molecule has 0 saturated carbocycles. The summed E-state index contributed by atoms with van der Waals surface area (Å²) in [6.07, 6.45) is 0.978. The van der Waals surface area contributed by atoms with Crippen LogP contribution in [0.15, 0.2) is 35.7 Å². The number of rotatable bonds is 7. The summed E-state index contributed by atoms with van der Waals surface area (Å²) in [5.74, 6) is -0.0799. The van der Waals surface area contributed by atoms with Crippen molar-refractivity contribution < 1.29 is 9.90 Å². The summed E-state index contributed by atoms with van der Waals surface area (Å²) < 4.78 is 0. The first-order valence-electron chi connectivity index (χ1n) is 7.36. The molecule has 0 aliphatic carbocycles. The van der Waals surface area contributed by atoms with Crippen molar-refractivity contribution >= 4 is 17.1 Å². The third-order valence-corrected chi connectivity index (χ3v) is 4.62. The first kappa shape index (κ1) is 15.9.